The van der Waals surface area contributed by atoms with Gasteiger partial charge in [0.1, 0.15) is 22.8 Å². The van der Waals surface area contributed by atoms with Crippen molar-refractivity contribution in [2.75, 3.05) is 19.1 Å². The van der Waals surface area contributed by atoms with E-state index in [1.807, 2.05) is 41.3 Å². The number of piperidine rings is 1. The van der Waals surface area contributed by atoms with Crippen LogP contribution in [0.2, 0.25) is 0 Å². The van der Waals surface area contributed by atoms with Crippen LogP contribution >= 0.6 is 0 Å². The Kier molecular flexibility index (Phi) is 6.38. The zero-order chi connectivity index (χ0) is 29.9. The number of nitrogens with one attached hydrogen (secondary N) is 1. The molecule has 14 heteroatoms. The van der Waals surface area contributed by atoms with Gasteiger partial charge in [-0.1, -0.05) is 6.07 Å². The fourth-order valence-electron chi connectivity index (χ4n) is 6.53. The van der Waals surface area contributed by atoms with Gasteiger partial charge in [0, 0.05) is 47.1 Å². The number of fused-ring (bicyclic) bond motifs is 3. The summed E-state index contributed by atoms with van der Waals surface area (Å²) >= 11 is 0. The van der Waals surface area contributed by atoms with E-state index in [0.717, 1.165) is 41.7 Å². The first-order valence-electron chi connectivity index (χ1n) is 13.9. The monoisotopic (exact) mass is 599 g/mol. The second kappa shape index (κ2) is 10.2. The molecule has 43 heavy (non-hydrogen) atoms. The number of methoxy groups -OCH3 is 1. The number of nitrogens with zero attached hydrogens (tertiary/aromatic N) is 7. The number of pyridine rings is 1. The van der Waals surface area contributed by atoms with Crippen molar-refractivity contribution in [3.63, 3.8) is 0 Å². The highest BCUT2D eigenvalue weighted by Gasteiger charge is 2.46. The fourth-order valence-corrected chi connectivity index (χ4v) is 7.59. The van der Waals surface area contributed by atoms with Crippen LogP contribution in [-0.2, 0) is 9.84 Å². The van der Waals surface area contributed by atoms with Gasteiger partial charge in [0.2, 0.25) is 5.82 Å². The van der Waals surface area contributed by atoms with Gasteiger partial charge in [-0.25, -0.2) is 13.4 Å². The zero-order valence-corrected chi connectivity index (χ0v) is 24.3. The van der Waals surface area contributed by atoms with E-state index < -0.39 is 9.84 Å². The molecular weight excluding hydrogens is 570 g/mol. The number of rotatable bonds is 6. The molecule has 0 spiro atoms. The normalized spacial score (nSPS) is 20.0. The smallest absolute Gasteiger partial charge is 0.292 e. The van der Waals surface area contributed by atoms with Crippen molar-refractivity contribution in [2.24, 2.45) is 0 Å². The van der Waals surface area contributed by atoms with Gasteiger partial charge in [-0.2, -0.15) is 9.61 Å². The summed E-state index contributed by atoms with van der Waals surface area (Å²) in [6.07, 6.45) is 8.64. The molecule has 7 rings (SSSR count). The van der Waals surface area contributed by atoms with Crippen LogP contribution in [0.4, 0.5) is 5.82 Å². The summed E-state index contributed by atoms with van der Waals surface area (Å²) in [6, 6.07) is 11.3. The number of ether oxygens (including phenoxy) is 1. The number of carbonyl (C=O) groups excluding carboxylic acids is 1. The van der Waals surface area contributed by atoms with Crippen LogP contribution in [0.5, 0.6) is 5.75 Å². The molecule has 0 radical (unpaired) electrons. The van der Waals surface area contributed by atoms with Crippen molar-refractivity contribution in [3.05, 3.63) is 66.6 Å². The maximum absolute atomic E-state index is 13.2. The number of nitrogens with two attached hydrogens (primary N) is 1. The van der Waals surface area contributed by atoms with Gasteiger partial charge in [-0.05, 0) is 56.0 Å². The topological polar surface area (TPSA) is 174 Å². The lowest BCUT2D eigenvalue weighted by molar-refractivity contribution is 0.0556. The van der Waals surface area contributed by atoms with Crippen molar-refractivity contribution < 1.29 is 17.9 Å². The van der Waals surface area contributed by atoms with Gasteiger partial charge < -0.3 is 20.4 Å². The van der Waals surface area contributed by atoms with Crippen molar-refractivity contribution in [3.8, 4) is 28.1 Å². The molecule has 2 bridgehead atoms. The Balaban J connectivity index is 1.26. The first kappa shape index (κ1) is 27.0. The number of aromatic amines is 1. The number of benzene rings is 1. The predicted octanol–water partition coefficient (Wildman–Crippen LogP) is 3.12. The van der Waals surface area contributed by atoms with Crippen LogP contribution in [0, 0.1) is 0 Å². The summed E-state index contributed by atoms with van der Waals surface area (Å²) in [6.45, 7) is 0. The highest BCUT2D eigenvalue weighted by molar-refractivity contribution is 7.91. The molecule has 5 aromatic rings. The quantitative estimate of drug-likeness (QED) is 0.295. The molecular formula is C29H29N9O4S. The van der Waals surface area contributed by atoms with E-state index in [-0.39, 0.29) is 40.4 Å². The molecule has 0 aliphatic carbocycles. The largest absolute Gasteiger partial charge is 0.497 e. The minimum atomic E-state index is -3.75. The molecule has 2 fully saturated rings. The number of carbonyl (C=O) groups is 1. The molecule has 2 saturated heterocycles. The molecule has 3 N–H and O–H groups in total. The molecule has 13 nitrogen and oxygen atoms in total. The molecule has 4 aromatic heterocycles. The Morgan fingerprint density at radius 3 is 2.37 bits per heavy atom. The molecule has 3 atom stereocenters. The molecule has 1 aromatic carbocycles. The van der Waals surface area contributed by atoms with E-state index in [1.54, 1.807) is 19.5 Å². The van der Waals surface area contributed by atoms with Gasteiger partial charge >= 0.3 is 0 Å². The van der Waals surface area contributed by atoms with Crippen LogP contribution in [0.1, 0.15) is 47.9 Å². The third-order valence-corrected chi connectivity index (χ3v) is 9.63. The van der Waals surface area contributed by atoms with Gasteiger partial charge in [0.15, 0.2) is 15.5 Å². The number of anilines is 1. The summed E-state index contributed by atoms with van der Waals surface area (Å²) in [4.78, 5) is 27.4. The Labute approximate surface area is 247 Å². The molecule has 2 unspecified atom stereocenters. The standard InChI is InChI=1S/C29H29N9O4S/c1-42-21-8-3-16(4-9-21)23-10-5-17(13-31-23)22-14-34-38-26(30)25(43(2,40)41)24(35-28(22)38)18-11-19-6-7-20(12-18)37(19)29(39)27-32-15-33-36-27/h3-5,8-10,13-15,18-20H,6-7,11-12,30H2,1-2H3,(H,32,33,36)/t18?,19-,20?/m1/s1. The third kappa shape index (κ3) is 4.58. The Hall–Kier alpha value is -4.85. The number of nitrogen functional groups attached to an aromatic ring is 1. The minimum Gasteiger partial charge on any atom is -0.497 e. The van der Waals surface area contributed by atoms with Crippen molar-refractivity contribution in [1.82, 2.24) is 39.7 Å². The predicted molar refractivity (Wildman–Crippen MR) is 157 cm³/mol. The molecule has 1 amide bonds. The second-order valence-corrected chi connectivity index (χ2v) is 13.0. The maximum Gasteiger partial charge on any atom is 0.292 e. The average molecular weight is 600 g/mol. The Bertz CT molecular complexity index is 1920. The van der Waals surface area contributed by atoms with E-state index in [1.165, 1.54) is 10.8 Å². The Morgan fingerprint density at radius 1 is 1.05 bits per heavy atom. The summed E-state index contributed by atoms with van der Waals surface area (Å²) in [7, 11) is -2.13. The lowest BCUT2D eigenvalue weighted by Crippen LogP contribution is -2.46. The summed E-state index contributed by atoms with van der Waals surface area (Å²) < 4.78 is 32.8. The molecule has 6 heterocycles. The first-order chi connectivity index (χ1) is 20.7. The van der Waals surface area contributed by atoms with Crippen molar-refractivity contribution in [1.29, 1.82) is 0 Å². The van der Waals surface area contributed by atoms with E-state index in [0.29, 0.717) is 29.7 Å². The van der Waals surface area contributed by atoms with Crippen LogP contribution < -0.4 is 10.5 Å². The van der Waals surface area contributed by atoms with E-state index in [4.69, 9.17) is 15.5 Å². The minimum absolute atomic E-state index is 0.0120. The summed E-state index contributed by atoms with van der Waals surface area (Å²) in [5.74, 6) is 0.570. The highest BCUT2D eigenvalue weighted by atomic mass is 32.2. The SMILES string of the molecule is COc1ccc(-c2ccc(-c3cnn4c(N)c(S(C)(=O)=O)c(C5CC6CC[C@H](C5)N6C(=O)c5nnc[nH]5)nc34)cn2)cc1. The van der Waals surface area contributed by atoms with Crippen LogP contribution in [0.25, 0.3) is 28.0 Å². The number of aromatic nitrogens is 7. The van der Waals surface area contributed by atoms with Crippen molar-refractivity contribution >= 4 is 27.2 Å². The number of H-pyrrole nitrogens is 1. The summed E-state index contributed by atoms with van der Waals surface area (Å²) in [5.41, 5.74) is 10.6. The number of hydrogen-bond acceptors (Lipinski definition) is 10. The zero-order valence-electron chi connectivity index (χ0n) is 23.5. The molecule has 2 aliphatic heterocycles. The van der Waals surface area contributed by atoms with Gasteiger partial charge in [0.05, 0.1) is 24.7 Å². The van der Waals surface area contributed by atoms with E-state index in [9.17, 15) is 13.2 Å². The van der Waals surface area contributed by atoms with Crippen LogP contribution in [0.3, 0.4) is 0 Å². The lowest BCUT2D eigenvalue weighted by atomic mass is 9.87. The summed E-state index contributed by atoms with van der Waals surface area (Å²) in [5, 5.41) is 12.1. The average Bonchev–Trinajstić information content (AvgIpc) is 3.75. The molecule has 2 aliphatic rings. The van der Waals surface area contributed by atoms with Crippen LogP contribution in [0.15, 0.2) is 60.0 Å². The van der Waals surface area contributed by atoms with Gasteiger partial charge in [-0.3, -0.25) is 9.78 Å². The highest BCUT2D eigenvalue weighted by Crippen LogP contribution is 2.45. The van der Waals surface area contributed by atoms with Gasteiger partial charge in [0.25, 0.3) is 5.91 Å². The third-order valence-electron chi connectivity index (χ3n) is 8.47. The fraction of sp³-hybridized carbons (Fsp3) is 0.310. The number of hydrogen-bond donors (Lipinski definition) is 2. The Morgan fingerprint density at radius 2 is 1.77 bits per heavy atom. The van der Waals surface area contributed by atoms with E-state index in [2.05, 4.69) is 25.3 Å². The maximum atomic E-state index is 13.2. The van der Waals surface area contributed by atoms with Gasteiger partial charge in [-0.15, -0.1) is 10.2 Å². The number of amides is 1. The number of sulfone groups is 1. The van der Waals surface area contributed by atoms with Crippen LogP contribution in [-0.4, -0.2) is 79.4 Å². The van der Waals surface area contributed by atoms with E-state index >= 15 is 0 Å². The molecule has 220 valence electrons. The molecule has 0 saturated carbocycles. The second-order valence-electron chi connectivity index (χ2n) is 11.0. The van der Waals surface area contributed by atoms with Crippen molar-refractivity contribution in [2.45, 2.75) is 48.6 Å². The first-order valence-corrected chi connectivity index (χ1v) is 15.8. The lowest BCUT2D eigenvalue weighted by Gasteiger charge is -2.38.